The monoisotopic (exact) mass is 286 g/mol. The zero-order valence-electron chi connectivity index (χ0n) is 9.47. The second-order valence-electron chi connectivity index (χ2n) is 3.48. The van der Waals surface area contributed by atoms with Gasteiger partial charge in [0.1, 0.15) is 19.0 Å². The van der Waals surface area contributed by atoms with E-state index in [9.17, 15) is 9.18 Å². The maximum absolute atomic E-state index is 13.6. The molecule has 2 aromatic rings. The first-order valence-electron chi connectivity index (χ1n) is 5.14. The molecule has 0 atom stereocenters. The van der Waals surface area contributed by atoms with Crippen molar-refractivity contribution in [1.29, 1.82) is 0 Å². The number of nitrogens with zero attached hydrogens (tertiary/aromatic N) is 2. The Hall–Kier alpha value is -1.99. The van der Waals surface area contributed by atoms with E-state index in [2.05, 4.69) is 10.2 Å². The fourth-order valence-corrected chi connectivity index (χ4v) is 1.58. The van der Waals surface area contributed by atoms with E-state index in [1.54, 1.807) is 0 Å². The molecule has 0 aliphatic carbocycles. The Labute approximate surface area is 111 Å². The Morgan fingerprint density at radius 1 is 1.47 bits per heavy atom. The average Bonchev–Trinajstić information content (AvgIpc) is 2.77. The summed E-state index contributed by atoms with van der Waals surface area (Å²) in [6.45, 7) is -0.663. The van der Waals surface area contributed by atoms with Crippen molar-refractivity contribution in [2.75, 3.05) is 6.61 Å². The summed E-state index contributed by atoms with van der Waals surface area (Å²) >= 11 is 5.84. The molecule has 0 amide bonds. The van der Waals surface area contributed by atoms with E-state index in [0.29, 0.717) is 0 Å². The molecule has 1 N–H and O–H groups in total. The van der Waals surface area contributed by atoms with Crippen LogP contribution in [0.15, 0.2) is 22.6 Å². The largest absolute Gasteiger partial charge is 0.480 e. The van der Waals surface area contributed by atoms with Crippen LogP contribution in [-0.4, -0.2) is 27.9 Å². The summed E-state index contributed by atoms with van der Waals surface area (Å²) in [6.07, 6.45) is 0. The smallest absolute Gasteiger partial charge is 0.329 e. The number of hydrogen-bond donors (Lipinski definition) is 1. The van der Waals surface area contributed by atoms with E-state index in [0.717, 1.165) is 0 Å². The number of aromatic nitrogens is 2. The highest BCUT2D eigenvalue weighted by molar-refractivity contribution is 6.33. The third-order valence-electron chi connectivity index (χ3n) is 2.09. The Kier molecular flexibility index (Phi) is 4.08. The van der Waals surface area contributed by atoms with Gasteiger partial charge in [0.2, 0.25) is 5.89 Å². The Balaban J connectivity index is 2.15. The van der Waals surface area contributed by atoms with Crippen molar-refractivity contribution in [1.82, 2.24) is 10.2 Å². The highest BCUT2D eigenvalue weighted by Crippen LogP contribution is 2.29. The van der Waals surface area contributed by atoms with Gasteiger partial charge in [0.05, 0.1) is 10.6 Å². The fourth-order valence-electron chi connectivity index (χ4n) is 1.34. The molecule has 1 aromatic carbocycles. The van der Waals surface area contributed by atoms with Gasteiger partial charge in [-0.15, -0.1) is 10.2 Å². The van der Waals surface area contributed by atoms with Gasteiger partial charge in [-0.1, -0.05) is 17.7 Å². The summed E-state index contributed by atoms with van der Waals surface area (Å²) in [5.41, 5.74) is 0.00107. The van der Waals surface area contributed by atoms with E-state index in [-0.39, 0.29) is 29.0 Å². The molecule has 0 fully saturated rings. The standard InChI is InChI=1S/C11H8ClFN2O4/c12-6-2-1-3-7(13)10(6)11-15-14-8(19-11)4-18-5-9(16)17/h1-3H,4-5H2,(H,16,17). The normalized spacial score (nSPS) is 10.6. The molecule has 0 saturated carbocycles. The van der Waals surface area contributed by atoms with Gasteiger partial charge in [-0.2, -0.15) is 0 Å². The molecule has 8 heteroatoms. The molecule has 0 spiro atoms. The number of carboxylic acid groups (broad SMARTS) is 1. The van der Waals surface area contributed by atoms with Gasteiger partial charge in [-0.25, -0.2) is 9.18 Å². The predicted octanol–water partition coefficient (Wildman–Crippen LogP) is 2.13. The second-order valence-corrected chi connectivity index (χ2v) is 3.89. The van der Waals surface area contributed by atoms with Crippen LogP contribution in [-0.2, 0) is 16.1 Å². The van der Waals surface area contributed by atoms with Crippen LogP contribution in [0, 0.1) is 5.82 Å². The molecular weight excluding hydrogens is 279 g/mol. The zero-order valence-corrected chi connectivity index (χ0v) is 10.2. The maximum atomic E-state index is 13.6. The number of carbonyl (C=O) groups is 1. The van der Waals surface area contributed by atoms with Gasteiger partial charge in [-0.3, -0.25) is 0 Å². The second kappa shape index (κ2) is 5.77. The number of ether oxygens (including phenoxy) is 1. The van der Waals surface area contributed by atoms with Gasteiger partial charge < -0.3 is 14.3 Å². The van der Waals surface area contributed by atoms with Crippen LogP contribution in [0.1, 0.15) is 5.89 Å². The molecule has 0 unspecified atom stereocenters. The molecular formula is C11H8ClFN2O4. The van der Waals surface area contributed by atoms with Crippen molar-refractivity contribution in [3.8, 4) is 11.5 Å². The van der Waals surface area contributed by atoms with Gasteiger partial charge in [-0.05, 0) is 12.1 Å². The summed E-state index contributed by atoms with van der Waals surface area (Å²) in [6, 6.07) is 4.16. The number of aliphatic carboxylic acids is 1. The molecule has 0 saturated heterocycles. The van der Waals surface area contributed by atoms with E-state index in [4.69, 9.17) is 25.9 Å². The number of rotatable bonds is 5. The first-order valence-corrected chi connectivity index (χ1v) is 5.52. The van der Waals surface area contributed by atoms with Crippen molar-refractivity contribution in [2.24, 2.45) is 0 Å². The van der Waals surface area contributed by atoms with Crippen LogP contribution in [0.4, 0.5) is 4.39 Å². The van der Waals surface area contributed by atoms with Crippen molar-refractivity contribution >= 4 is 17.6 Å². The summed E-state index contributed by atoms with van der Waals surface area (Å²) < 4.78 is 23.5. The van der Waals surface area contributed by atoms with E-state index in [1.807, 2.05) is 0 Å². The highest BCUT2D eigenvalue weighted by Gasteiger charge is 2.16. The molecule has 0 bridgehead atoms. The quantitative estimate of drug-likeness (QED) is 0.906. The molecule has 2 rings (SSSR count). The number of carboxylic acids is 1. The SMILES string of the molecule is O=C(O)COCc1nnc(-c2c(F)cccc2Cl)o1. The maximum Gasteiger partial charge on any atom is 0.329 e. The minimum Gasteiger partial charge on any atom is -0.480 e. The molecule has 100 valence electrons. The first-order chi connectivity index (χ1) is 9.08. The van der Waals surface area contributed by atoms with Crippen LogP contribution in [0.2, 0.25) is 5.02 Å². The van der Waals surface area contributed by atoms with Crippen LogP contribution in [0.3, 0.4) is 0 Å². The Morgan fingerprint density at radius 3 is 2.95 bits per heavy atom. The third kappa shape index (κ3) is 3.27. The molecule has 19 heavy (non-hydrogen) atoms. The molecule has 1 heterocycles. The molecule has 0 aliphatic rings. The molecule has 1 aromatic heterocycles. The Bertz CT molecular complexity index is 582. The zero-order chi connectivity index (χ0) is 13.8. The van der Waals surface area contributed by atoms with Crippen LogP contribution < -0.4 is 0 Å². The van der Waals surface area contributed by atoms with Crippen LogP contribution in [0.5, 0.6) is 0 Å². The van der Waals surface area contributed by atoms with Crippen LogP contribution >= 0.6 is 11.6 Å². The number of hydrogen-bond acceptors (Lipinski definition) is 5. The van der Waals surface area contributed by atoms with E-state index in [1.165, 1.54) is 18.2 Å². The van der Waals surface area contributed by atoms with Crippen molar-refractivity contribution in [3.05, 3.63) is 34.9 Å². The lowest BCUT2D eigenvalue weighted by Gasteiger charge is -1.99. The summed E-state index contributed by atoms with van der Waals surface area (Å²) in [4.78, 5) is 10.2. The van der Waals surface area contributed by atoms with E-state index < -0.39 is 18.4 Å². The lowest BCUT2D eigenvalue weighted by atomic mass is 10.2. The predicted molar refractivity (Wildman–Crippen MR) is 62.0 cm³/mol. The minimum atomic E-state index is -1.11. The van der Waals surface area contributed by atoms with Crippen molar-refractivity contribution in [3.63, 3.8) is 0 Å². The van der Waals surface area contributed by atoms with E-state index >= 15 is 0 Å². The minimum absolute atomic E-state index is 0.00107. The molecule has 0 aliphatic heterocycles. The highest BCUT2D eigenvalue weighted by atomic mass is 35.5. The summed E-state index contributed by atoms with van der Waals surface area (Å²) in [7, 11) is 0. The lowest BCUT2D eigenvalue weighted by Crippen LogP contribution is -2.06. The molecule has 6 nitrogen and oxygen atoms in total. The van der Waals surface area contributed by atoms with Gasteiger partial charge in [0.25, 0.3) is 5.89 Å². The fraction of sp³-hybridized carbons (Fsp3) is 0.182. The van der Waals surface area contributed by atoms with Gasteiger partial charge in [0, 0.05) is 0 Å². The van der Waals surface area contributed by atoms with Crippen LogP contribution in [0.25, 0.3) is 11.5 Å². The Morgan fingerprint density at radius 2 is 2.26 bits per heavy atom. The number of halogens is 2. The van der Waals surface area contributed by atoms with Crippen molar-refractivity contribution in [2.45, 2.75) is 6.61 Å². The molecule has 0 radical (unpaired) electrons. The number of benzene rings is 1. The lowest BCUT2D eigenvalue weighted by molar-refractivity contribution is -0.142. The summed E-state index contributed by atoms with van der Waals surface area (Å²) in [5, 5.41) is 15.8. The first kappa shape index (κ1) is 13.4. The van der Waals surface area contributed by atoms with Crippen molar-refractivity contribution < 1.29 is 23.4 Å². The van der Waals surface area contributed by atoms with Gasteiger partial charge in [0.15, 0.2) is 0 Å². The summed E-state index contributed by atoms with van der Waals surface area (Å²) in [5.74, 6) is -1.75. The van der Waals surface area contributed by atoms with Gasteiger partial charge >= 0.3 is 5.97 Å². The third-order valence-corrected chi connectivity index (χ3v) is 2.41. The average molecular weight is 287 g/mol. The topological polar surface area (TPSA) is 85.5 Å².